The zero-order valence-electron chi connectivity index (χ0n) is 26.9. The van der Waals surface area contributed by atoms with Gasteiger partial charge in [0.2, 0.25) is 0 Å². The average Bonchev–Trinajstić information content (AvgIpc) is 3.15. The predicted octanol–water partition coefficient (Wildman–Crippen LogP) is 6.41. The summed E-state index contributed by atoms with van der Waals surface area (Å²) in [6.45, 7) is 0.455. The van der Waals surface area contributed by atoms with Crippen molar-refractivity contribution in [1.29, 1.82) is 0 Å². The molecule has 248 valence electrons. The van der Waals surface area contributed by atoms with Crippen molar-refractivity contribution in [2.45, 2.75) is 30.8 Å². The summed E-state index contributed by atoms with van der Waals surface area (Å²) in [5, 5.41) is 18.6. The van der Waals surface area contributed by atoms with E-state index in [1.807, 2.05) is 97.1 Å². The number of nitrogens with zero attached hydrogens (tertiary/aromatic N) is 1. The molecular formula is C39H36N4O6. The van der Waals surface area contributed by atoms with Crippen LogP contribution in [0.1, 0.15) is 44.6 Å². The van der Waals surface area contributed by atoms with E-state index in [4.69, 9.17) is 9.47 Å². The number of carboxylic acid groups (broad SMARTS) is 1. The minimum Gasteiger partial charge on any atom is -0.491 e. The van der Waals surface area contributed by atoms with Gasteiger partial charge in [-0.1, -0.05) is 97.1 Å². The van der Waals surface area contributed by atoms with E-state index in [1.54, 1.807) is 6.07 Å². The number of carbonyl (C=O) groups excluding carboxylic acids is 2. The molecule has 49 heavy (non-hydrogen) atoms. The standard InChI is InChI=1S/C39H36N4O6/c1-48-37(46)33(43-39(27-12-5-2-6-13-27,28-14-7-3-8-15-28)29-16-9-4-10-17-29)24-26-19-20-32(35-30(26)18-11-23-49-35)41-38(47)42-34-25-40-22-21-31(34)36(44)45/h2-10,12-17,19-22,25,33,43H,11,18,23-24H2,1H3,(H,44,45)(H2,41,42,47)/t33-/m0/s1. The fraction of sp³-hybridized carbons (Fsp3) is 0.179. The number of urea groups is 1. The van der Waals surface area contributed by atoms with Crippen LogP contribution in [0.25, 0.3) is 0 Å². The molecule has 0 saturated carbocycles. The fourth-order valence-corrected chi connectivity index (χ4v) is 6.41. The van der Waals surface area contributed by atoms with E-state index in [-0.39, 0.29) is 17.7 Å². The number of esters is 1. The first kappa shape index (κ1) is 32.9. The molecule has 0 bridgehead atoms. The van der Waals surface area contributed by atoms with Crippen molar-refractivity contribution in [3.05, 3.63) is 155 Å². The largest absolute Gasteiger partial charge is 0.491 e. The molecule has 0 radical (unpaired) electrons. The Morgan fingerprint density at radius 1 is 0.837 bits per heavy atom. The molecule has 0 unspecified atom stereocenters. The molecule has 1 aromatic heterocycles. The molecular weight excluding hydrogens is 620 g/mol. The lowest BCUT2D eigenvalue weighted by atomic mass is 9.76. The Balaban J connectivity index is 1.37. The second kappa shape index (κ2) is 14.8. The normalized spacial score (nSPS) is 12.9. The molecule has 2 heterocycles. The number of carboxylic acids is 1. The van der Waals surface area contributed by atoms with Crippen LogP contribution in [0.3, 0.4) is 0 Å². The van der Waals surface area contributed by atoms with Gasteiger partial charge in [0.15, 0.2) is 0 Å². The van der Waals surface area contributed by atoms with Crippen molar-refractivity contribution >= 4 is 29.3 Å². The highest BCUT2D eigenvalue weighted by Gasteiger charge is 2.40. The van der Waals surface area contributed by atoms with Crippen molar-refractivity contribution in [2.24, 2.45) is 0 Å². The van der Waals surface area contributed by atoms with Crippen LogP contribution in [0.4, 0.5) is 16.2 Å². The molecule has 2 amide bonds. The van der Waals surface area contributed by atoms with Gasteiger partial charge in [0, 0.05) is 6.20 Å². The van der Waals surface area contributed by atoms with Crippen LogP contribution in [-0.4, -0.2) is 47.8 Å². The Bertz CT molecular complexity index is 1840. The predicted molar refractivity (Wildman–Crippen MR) is 186 cm³/mol. The number of anilines is 2. The number of methoxy groups -OCH3 is 1. The molecule has 0 spiro atoms. The second-order valence-corrected chi connectivity index (χ2v) is 11.6. The quantitative estimate of drug-likeness (QED) is 0.0945. The maximum atomic E-state index is 13.7. The number of amides is 2. The first-order valence-corrected chi connectivity index (χ1v) is 16.0. The van der Waals surface area contributed by atoms with Crippen LogP contribution in [0.2, 0.25) is 0 Å². The summed E-state index contributed by atoms with van der Waals surface area (Å²) in [6.07, 6.45) is 4.32. The van der Waals surface area contributed by atoms with Gasteiger partial charge in [-0.15, -0.1) is 0 Å². The molecule has 0 fully saturated rings. The first-order chi connectivity index (χ1) is 23.9. The van der Waals surface area contributed by atoms with Crippen LogP contribution >= 0.6 is 0 Å². The number of aromatic carboxylic acids is 1. The number of nitrogens with one attached hydrogen (secondary N) is 3. The third-order valence-corrected chi connectivity index (χ3v) is 8.64. The van der Waals surface area contributed by atoms with Gasteiger partial charge in [-0.3, -0.25) is 15.1 Å². The van der Waals surface area contributed by atoms with E-state index in [0.717, 1.165) is 34.2 Å². The van der Waals surface area contributed by atoms with Crippen LogP contribution in [0, 0.1) is 0 Å². The van der Waals surface area contributed by atoms with E-state index in [0.29, 0.717) is 24.5 Å². The van der Waals surface area contributed by atoms with Gasteiger partial charge >= 0.3 is 18.0 Å². The van der Waals surface area contributed by atoms with Gasteiger partial charge in [-0.05, 0) is 59.2 Å². The lowest BCUT2D eigenvalue weighted by molar-refractivity contribution is -0.143. The zero-order chi connectivity index (χ0) is 34.2. The van der Waals surface area contributed by atoms with E-state index < -0.39 is 29.6 Å². The summed E-state index contributed by atoms with van der Waals surface area (Å²) in [6, 6.07) is 33.6. The van der Waals surface area contributed by atoms with Crippen LogP contribution < -0.4 is 20.7 Å². The number of benzene rings is 4. The van der Waals surface area contributed by atoms with Crippen molar-refractivity contribution in [2.75, 3.05) is 24.4 Å². The van der Waals surface area contributed by atoms with Crippen molar-refractivity contribution in [3.8, 4) is 5.75 Å². The molecule has 6 rings (SSSR count). The average molecular weight is 657 g/mol. The Hall–Kier alpha value is -6.00. The fourth-order valence-electron chi connectivity index (χ4n) is 6.41. The SMILES string of the molecule is COC(=O)[C@H](Cc1ccc(NC(=O)Nc2cnccc2C(=O)O)c2c1CCCO2)NC(c1ccccc1)(c1ccccc1)c1ccccc1. The maximum absolute atomic E-state index is 13.7. The Morgan fingerprint density at radius 2 is 1.43 bits per heavy atom. The molecule has 1 atom stereocenters. The highest BCUT2D eigenvalue weighted by molar-refractivity contribution is 6.05. The van der Waals surface area contributed by atoms with Crippen LogP contribution in [0.15, 0.2) is 122 Å². The number of carbonyl (C=O) groups is 3. The molecule has 10 heteroatoms. The molecule has 0 aliphatic carbocycles. The number of rotatable bonds is 11. The summed E-state index contributed by atoms with van der Waals surface area (Å²) in [5.74, 6) is -1.11. The minimum atomic E-state index is -1.19. The molecule has 10 nitrogen and oxygen atoms in total. The number of hydrogen-bond acceptors (Lipinski definition) is 7. The monoisotopic (exact) mass is 656 g/mol. The van der Waals surface area contributed by atoms with Gasteiger partial charge in [-0.25, -0.2) is 9.59 Å². The summed E-state index contributed by atoms with van der Waals surface area (Å²) >= 11 is 0. The topological polar surface area (TPSA) is 139 Å². The van der Waals surface area contributed by atoms with E-state index in [2.05, 4.69) is 20.9 Å². The molecule has 0 saturated heterocycles. The highest BCUT2D eigenvalue weighted by atomic mass is 16.5. The van der Waals surface area contributed by atoms with E-state index >= 15 is 0 Å². The maximum Gasteiger partial charge on any atom is 0.337 e. The molecule has 4 aromatic carbocycles. The van der Waals surface area contributed by atoms with Gasteiger partial charge < -0.3 is 25.2 Å². The van der Waals surface area contributed by atoms with Crippen molar-refractivity contribution < 1.29 is 29.0 Å². The Labute approximate surface area is 284 Å². The van der Waals surface area contributed by atoms with Gasteiger partial charge in [0.25, 0.3) is 0 Å². The van der Waals surface area contributed by atoms with Crippen molar-refractivity contribution in [1.82, 2.24) is 10.3 Å². The second-order valence-electron chi connectivity index (χ2n) is 11.6. The summed E-state index contributed by atoms with van der Waals surface area (Å²) < 4.78 is 11.5. The summed E-state index contributed by atoms with van der Waals surface area (Å²) in [7, 11) is 1.38. The number of fused-ring (bicyclic) bond motifs is 1. The number of aromatic nitrogens is 1. The third kappa shape index (κ3) is 7.00. The molecule has 1 aliphatic rings. The molecule has 1 aliphatic heterocycles. The number of hydrogen-bond donors (Lipinski definition) is 4. The number of pyridine rings is 1. The Morgan fingerprint density at radius 3 is 2.00 bits per heavy atom. The van der Waals surface area contributed by atoms with Gasteiger partial charge in [-0.2, -0.15) is 0 Å². The smallest absolute Gasteiger partial charge is 0.337 e. The zero-order valence-corrected chi connectivity index (χ0v) is 26.9. The van der Waals surface area contributed by atoms with E-state index in [1.165, 1.54) is 25.6 Å². The van der Waals surface area contributed by atoms with E-state index in [9.17, 15) is 19.5 Å². The summed E-state index contributed by atoms with van der Waals surface area (Å²) in [5.41, 5.74) is 4.09. The van der Waals surface area contributed by atoms with Crippen LogP contribution in [-0.2, 0) is 27.9 Å². The number of ether oxygens (including phenoxy) is 2. The van der Waals surface area contributed by atoms with Gasteiger partial charge in [0.1, 0.15) is 11.8 Å². The minimum absolute atomic E-state index is 0.0598. The van der Waals surface area contributed by atoms with Crippen molar-refractivity contribution in [3.63, 3.8) is 0 Å². The first-order valence-electron chi connectivity index (χ1n) is 16.0. The lowest BCUT2D eigenvalue weighted by Gasteiger charge is -2.39. The lowest BCUT2D eigenvalue weighted by Crippen LogP contribution is -2.53. The summed E-state index contributed by atoms with van der Waals surface area (Å²) in [4.78, 5) is 42.3. The van der Waals surface area contributed by atoms with Gasteiger partial charge in [0.05, 0.1) is 42.4 Å². The Kier molecular flexibility index (Phi) is 9.96. The molecule has 5 aromatic rings. The highest BCUT2D eigenvalue weighted by Crippen LogP contribution is 2.39. The molecule has 4 N–H and O–H groups in total. The van der Waals surface area contributed by atoms with Crippen LogP contribution in [0.5, 0.6) is 5.75 Å². The third-order valence-electron chi connectivity index (χ3n) is 8.64.